The van der Waals surface area contributed by atoms with E-state index in [-0.39, 0.29) is 0 Å². The van der Waals surface area contributed by atoms with Crippen LogP contribution >= 0.6 is 0 Å². The predicted molar refractivity (Wildman–Crippen MR) is 66.4 cm³/mol. The summed E-state index contributed by atoms with van der Waals surface area (Å²) in [4.78, 5) is 5.78. The molecule has 0 aliphatic carbocycles. The van der Waals surface area contributed by atoms with Crippen molar-refractivity contribution in [1.82, 2.24) is 10.4 Å². The van der Waals surface area contributed by atoms with Crippen molar-refractivity contribution in [3.63, 3.8) is 0 Å². The zero-order chi connectivity index (χ0) is 11.5. The predicted octanol–water partition coefficient (Wildman–Crippen LogP) is 2.32. The molecule has 0 fully saturated rings. The van der Waals surface area contributed by atoms with Crippen molar-refractivity contribution in [2.24, 2.45) is 0 Å². The molecule has 17 heavy (non-hydrogen) atoms. The minimum atomic E-state index is 0.579. The van der Waals surface area contributed by atoms with E-state index in [0.29, 0.717) is 6.61 Å². The summed E-state index contributed by atoms with van der Waals surface area (Å²) in [5, 5.41) is 5.10. The van der Waals surface area contributed by atoms with Crippen LogP contribution in [0.25, 0.3) is 0 Å². The van der Waals surface area contributed by atoms with Crippen LogP contribution in [0.1, 0.15) is 5.56 Å². The maximum absolute atomic E-state index is 5.78. The van der Waals surface area contributed by atoms with Crippen LogP contribution in [-0.4, -0.2) is 11.6 Å². The molecule has 0 amide bonds. The molecule has 0 aromatic heterocycles. The van der Waals surface area contributed by atoms with Crippen LogP contribution in [0.5, 0.6) is 0 Å². The van der Waals surface area contributed by atoms with E-state index in [4.69, 9.17) is 4.84 Å². The summed E-state index contributed by atoms with van der Waals surface area (Å²) in [5.41, 5.74) is 3.40. The highest BCUT2D eigenvalue weighted by molar-refractivity contribution is 5.39. The van der Waals surface area contributed by atoms with Crippen LogP contribution in [0.4, 0.5) is 0 Å². The molecule has 0 saturated carbocycles. The second-order valence-corrected chi connectivity index (χ2v) is 3.98. The molecule has 3 nitrogen and oxygen atoms in total. The van der Waals surface area contributed by atoms with Gasteiger partial charge in [0.25, 0.3) is 0 Å². The largest absolute Gasteiger partial charge is 0.380 e. The third kappa shape index (κ3) is 2.10. The number of hydroxylamine groups is 2. The molecule has 2 heterocycles. The number of hydrogen-bond acceptors (Lipinski definition) is 3. The van der Waals surface area contributed by atoms with Crippen molar-refractivity contribution in [2.75, 3.05) is 6.54 Å². The summed E-state index contributed by atoms with van der Waals surface area (Å²) in [7, 11) is 0. The van der Waals surface area contributed by atoms with E-state index >= 15 is 0 Å². The standard InChI is InChI=1S/C14H14N2O/c1-2-5-12(6-3-1)11-17-16-10-4-7-13-14(16)8-9-15-13/h1-8,10,15H,9,11H2. The SMILES string of the molecule is C1=CN(OCc2ccccc2)C2=CCNC2=C1. The first-order valence-electron chi connectivity index (χ1n) is 5.72. The van der Waals surface area contributed by atoms with E-state index in [1.165, 1.54) is 5.56 Å². The number of nitrogens with one attached hydrogen (secondary N) is 1. The third-order valence-electron chi connectivity index (χ3n) is 2.80. The summed E-state index contributed by atoms with van der Waals surface area (Å²) in [5.74, 6) is 0. The van der Waals surface area contributed by atoms with Crippen molar-refractivity contribution in [3.8, 4) is 0 Å². The molecule has 0 unspecified atom stereocenters. The Bertz CT molecular complexity index is 488. The van der Waals surface area contributed by atoms with Crippen molar-refractivity contribution < 1.29 is 4.84 Å². The Balaban J connectivity index is 1.67. The number of rotatable bonds is 3. The van der Waals surface area contributed by atoms with Gasteiger partial charge in [0, 0.05) is 12.7 Å². The summed E-state index contributed by atoms with van der Waals surface area (Å²) in [6, 6.07) is 10.2. The number of nitrogens with zero attached hydrogens (tertiary/aromatic N) is 1. The Morgan fingerprint density at radius 1 is 1.24 bits per heavy atom. The second-order valence-electron chi connectivity index (χ2n) is 3.98. The van der Waals surface area contributed by atoms with E-state index in [0.717, 1.165) is 17.9 Å². The summed E-state index contributed by atoms with van der Waals surface area (Å²) >= 11 is 0. The van der Waals surface area contributed by atoms with Gasteiger partial charge in [0.05, 0.1) is 11.4 Å². The van der Waals surface area contributed by atoms with Gasteiger partial charge in [0.2, 0.25) is 0 Å². The topological polar surface area (TPSA) is 24.5 Å². The fourth-order valence-corrected chi connectivity index (χ4v) is 1.94. The number of fused-ring (bicyclic) bond motifs is 1. The molecule has 2 aliphatic rings. The van der Waals surface area contributed by atoms with Gasteiger partial charge in [-0.25, -0.2) is 5.06 Å². The first-order chi connectivity index (χ1) is 8.43. The lowest BCUT2D eigenvalue weighted by Crippen LogP contribution is -2.21. The highest BCUT2D eigenvalue weighted by Crippen LogP contribution is 2.22. The molecule has 1 N–H and O–H groups in total. The Labute approximate surface area is 101 Å². The Hall–Kier alpha value is -2.00. The molecule has 86 valence electrons. The summed E-state index contributed by atoms with van der Waals surface area (Å²) in [6.45, 7) is 1.45. The van der Waals surface area contributed by atoms with Crippen molar-refractivity contribution in [2.45, 2.75) is 6.61 Å². The van der Waals surface area contributed by atoms with Gasteiger partial charge in [0.1, 0.15) is 6.61 Å². The molecule has 0 spiro atoms. The molecule has 0 radical (unpaired) electrons. The molecule has 2 aliphatic heterocycles. The maximum atomic E-state index is 5.78. The minimum Gasteiger partial charge on any atom is -0.380 e. The lowest BCUT2D eigenvalue weighted by molar-refractivity contribution is -0.103. The van der Waals surface area contributed by atoms with Crippen molar-refractivity contribution in [1.29, 1.82) is 0 Å². The molecular weight excluding hydrogens is 212 g/mol. The van der Waals surface area contributed by atoms with Crippen LogP contribution < -0.4 is 5.32 Å². The van der Waals surface area contributed by atoms with Crippen LogP contribution in [0.3, 0.4) is 0 Å². The maximum Gasteiger partial charge on any atom is 0.100 e. The van der Waals surface area contributed by atoms with Gasteiger partial charge in [-0.05, 0) is 23.8 Å². The molecule has 3 rings (SSSR count). The fraction of sp³-hybridized carbons (Fsp3) is 0.143. The zero-order valence-corrected chi connectivity index (χ0v) is 9.47. The number of benzene rings is 1. The Morgan fingerprint density at radius 2 is 2.12 bits per heavy atom. The highest BCUT2D eigenvalue weighted by atomic mass is 16.7. The molecule has 0 bridgehead atoms. The van der Waals surface area contributed by atoms with E-state index in [2.05, 4.69) is 29.6 Å². The van der Waals surface area contributed by atoms with Gasteiger partial charge in [-0.1, -0.05) is 30.3 Å². The average Bonchev–Trinajstić information content (AvgIpc) is 2.86. The molecule has 1 aromatic rings. The third-order valence-corrected chi connectivity index (χ3v) is 2.80. The van der Waals surface area contributed by atoms with Gasteiger partial charge < -0.3 is 5.32 Å². The lowest BCUT2D eigenvalue weighted by Gasteiger charge is -2.24. The summed E-state index contributed by atoms with van der Waals surface area (Å²) < 4.78 is 0. The van der Waals surface area contributed by atoms with Gasteiger partial charge in [-0.15, -0.1) is 0 Å². The number of hydrogen-bond donors (Lipinski definition) is 1. The van der Waals surface area contributed by atoms with Gasteiger partial charge in [0.15, 0.2) is 0 Å². The monoisotopic (exact) mass is 226 g/mol. The van der Waals surface area contributed by atoms with E-state index in [9.17, 15) is 0 Å². The van der Waals surface area contributed by atoms with E-state index in [1.807, 2.05) is 35.5 Å². The summed E-state index contributed by atoms with van der Waals surface area (Å²) in [6.07, 6.45) is 8.10. The van der Waals surface area contributed by atoms with Crippen LogP contribution in [-0.2, 0) is 11.4 Å². The van der Waals surface area contributed by atoms with Crippen molar-refractivity contribution >= 4 is 0 Å². The smallest absolute Gasteiger partial charge is 0.100 e. The quantitative estimate of drug-likeness (QED) is 0.856. The second kappa shape index (κ2) is 4.47. The lowest BCUT2D eigenvalue weighted by atomic mass is 10.2. The van der Waals surface area contributed by atoms with Crippen molar-refractivity contribution in [3.05, 3.63) is 71.7 Å². The van der Waals surface area contributed by atoms with Crippen LogP contribution in [0.15, 0.2) is 66.2 Å². The Morgan fingerprint density at radius 3 is 3.00 bits per heavy atom. The first kappa shape index (κ1) is 10.2. The molecular formula is C14H14N2O. The molecule has 1 aromatic carbocycles. The van der Waals surface area contributed by atoms with E-state index in [1.54, 1.807) is 0 Å². The number of allylic oxidation sites excluding steroid dienone is 2. The van der Waals surface area contributed by atoms with Crippen LogP contribution in [0, 0.1) is 0 Å². The normalized spacial score (nSPS) is 17.3. The average molecular weight is 226 g/mol. The minimum absolute atomic E-state index is 0.579. The van der Waals surface area contributed by atoms with Gasteiger partial charge >= 0.3 is 0 Å². The molecule has 0 atom stereocenters. The van der Waals surface area contributed by atoms with E-state index < -0.39 is 0 Å². The zero-order valence-electron chi connectivity index (χ0n) is 9.47. The highest BCUT2D eigenvalue weighted by Gasteiger charge is 2.19. The Kier molecular flexibility index (Phi) is 2.68. The van der Waals surface area contributed by atoms with Gasteiger partial charge in [-0.3, -0.25) is 4.84 Å². The molecule has 3 heteroatoms. The fourth-order valence-electron chi connectivity index (χ4n) is 1.94. The van der Waals surface area contributed by atoms with Gasteiger partial charge in [-0.2, -0.15) is 0 Å². The molecule has 0 saturated heterocycles. The first-order valence-corrected chi connectivity index (χ1v) is 5.72. The van der Waals surface area contributed by atoms with Crippen LogP contribution in [0.2, 0.25) is 0 Å².